The van der Waals surface area contributed by atoms with Crippen LogP contribution in [0.3, 0.4) is 0 Å². The maximum absolute atomic E-state index is 13.6. The molecule has 0 N–H and O–H groups in total. The Bertz CT molecular complexity index is 619. The number of amides is 1. The van der Waals surface area contributed by atoms with Crippen molar-refractivity contribution in [2.75, 3.05) is 7.05 Å². The van der Waals surface area contributed by atoms with Gasteiger partial charge >= 0.3 is 0 Å². The van der Waals surface area contributed by atoms with E-state index in [4.69, 9.17) is 0 Å². The molecular weight excluding hydrogens is 263 g/mol. The van der Waals surface area contributed by atoms with E-state index < -0.39 is 17.8 Å². The number of benzene rings is 1. The number of hydrogen-bond acceptors (Lipinski definition) is 3. The Morgan fingerprint density at radius 2 is 2.11 bits per heavy atom. The Kier molecular flexibility index (Phi) is 3.93. The van der Waals surface area contributed by atoms with E-state index in [1.807, 2.05) is 11.4 Å². The first-order valence-electron chi connectivity index (χ1n) is 5.60. The lowest BCUT2D eigenvalue weighted by Gasteiger charge is -2.22. The van der Waals surface area contributed by atoms with E-state index in [1.165, 1.54) is 41.5 Å². The molecule has 1 unspecified atom stereocenters. The molecule has 19 heavy (non-hydrogen) atoms. The van der Waals surface area contributed by atoms with Gasteiger partial charge in [-0.25, -0.2) is 4.39 Å². The molecule has 1 aromatic heterocycles. The molecular formula is C14H11FN2OS. The molecule has 2 aromatic rings. The van der Waals surface area contributed by atoms with Crippen molar-refractivity contribution in [3.63, 3.8) is 0 Å². The van der Waals surface area contributed by atoms with Crippen LogP contribution in [0.15, 0.2) is 41.8 Å². The van der Waals surface area contributed by atoms with Gasteiger partial charge in [0.2, 0.25) is 0 Å². The molecule has 3 nitrogen and oxygen atoms in total. The number of carbonyl (C=O) groups excluding carboxylic acids is 1. The van der Waals surface area contributed by atoms with Gasteiger partial charge in [0.25, 0.3) is 5.91 Å². The quantitative estimate of drug-likeness (QED) is 0.862. The van der Waals surface area contributed by atoms with Gasteiger partial charge in [-0.3, -0.25) is 4.79 Å². The number of thiophene rings is 1. The van der Waals surface area contributed by atoms with Gasteiger partial charge in [0.05, 0.1) is 11.6 Å². The minimum atomic E-state index is -0.702. The number of hydrogen-bond donors (Lipinski definition) is 0. The molecule has 0 fully saturated rings. The van der Waals surface area contributed by atoms with Crippen molar-refractivity contribution in [2.24, 2.45) is 0 Å². The van der Waals surface area contributed by atoms with E-state index in [9.17, 15) is 14.4 Å². The van der Waals surface area contributed by atoms with E-state index >= 15 is 0 Å². The molecule has 96 valence electrons. The van der Waals surface area contributed by atoms with Crippen LogP contribution in [0.25, 0.3) is 0 Å². The number of carbonyl (C=O) groups is 1. The molecule has 1 aromatic carbocycles. The summed E-state index contributed by atoms with van der Waals surface area (Å²) in [5.41, 5.74) is -0.0261. The topological polar surface area (TPSA) is 44.1 Å². The van der Waals surface area contributed by atoms with Gasteiger partial charge in [-0.1, -0.05) is 18.2 Å². The molecule has 1 heterocycles. The Balaban J connectivity index is 2.29. The summed E-state index contributed by atoms with van der Waals surface area (Å²) in [6, 6.07) is 10.7. The van der Waals surface area contributed by atoms with Gasteiger partial charge in [0.15, 0.2) is 6.04 Å². The van der Waals surface area contributed by atoms with E-state index in [-0.39, 0.29) is 5.56 Å². The lowest BCUT2D eigenvalue weighted by molar-refractivity contribution is 0.0760. The van der Waals surface area contributed by atoms with Crippen molar-refractivity contribution in [3.05, 3.63) is 58.0 Å². The molecule has 0 aliphatic rings. The van der Waals surface area contributed by atoms with Crippen LogP contribution >= 0.6 is 11.3 Å². The van der Waals surface area contributed by atoms with Crippen LogP contribution in [0.5, 0.6) is 0 Å². The van der Waals surface area contributed by atoms with Crippen LogP contribution < -0.4 is 0 Å². The van der Waals surface area contributed by atoms with Crippen molar-refractivity contribution >= 4 is 17.2 Å². The summed E-state index contributed by atoms with van der Waals surface area (Å²) in [6.07, 6.45) is 0. The zero-order valence-corrected chi connectivity index (χ0v) is 11.0. The minimum absolute atomic E-state index is 0.0261. The third kappa shape index (κ3) is 2.64. The number of nitrogens with zero attached hydrogens (tertiary/aromatic N) is 2. The Morgan fingerprint density at radius 3 is 2.68 bits per heavy atom. The lowest BCUT2D eigenvalue weighted by Crippen LogP contribution is -2.30. The van der Waals surface area contributed by atoms with Gasteiger partial charge in [0.1, 0.15) is 5.82 Å². The highest BCUT2D eigenvalue weighted by molar-refractivity contribution is 7.10. The third-order valence-corrected chi connectivity index (χ3v) is 3.67. The summed E-state index contributed by atoms with van der Waals surface area (Å²) < 4.78 is 13.6. The molecule has 0 saturated heterocycles. The van der Waals surface area contributed by atoms with E-state index in [2.05, 4.69) is 6.07 Å². The summed E-state index contributed by atoms with van der Waals surface area (Å²) in [5, 5.41) is 11.0. The predicted molar refractivity (Wildman–Crippen MR) is 71.2 cm³/mol. The van der Waals surface area contributed by atoms with E-state index in [0.717, 1.165) is 4.88 Å². The second-order valence-corrected chi connectivity index (χ2v) is 4.92. The smallest absolute Gasteiger partial charge is 0.257 e. The number of nitriles is 1. The molecule has 5 heteroatoms. The highest BCUT2D eigenvalue weighted by atomic mass is 32.1. The van der Waals surface area contributed by atoms with Crippen LogP contribution in [0, 0.1) is 17.1 Å². The SMILES string of the molecule is CN(C(=O)c1ccccc1F)C(C#N)c1cccs1. The first kappa shape index (κ1) is 13.2. The van der Waals surface area contributed by atoms with E-state index in [0.29, 0.717) is 0 Å². The maximum atomic E-state index is 13.6. The summed E-state index contributed by atoms with van der Waals surface area (Å²) in [4.78, 5) is 14.2. The molecule has 1 amide bonds. The second-order valence-electron chi connectivity index (χ2n) is 3.94. The van der Waals surface area contributed by atoms with Crippen molar-refractivity contribution in [1.82, 2.24) is 4.90 Å². The predicted octanol–water partition coefficient (Wildman–Crippen LogP) is 3.22. The zero-order chi connectivity index (χ0) is 13.8. The minimum Gasteiger partial charge on any atom is -0.321 e. The van der Waals surface area contributed by atoms with Gasteiger partial charge in [-0.2, -0.15) is 5.26 Å². The van der Waals surface area contributed by atoms with Crippen LogP contribution in [0.1, 0.15) is 21.3 Å². The first-order valence-corrected chi connectivity index (χ1v) is 6.48. The highest BCUT2D eigenvalue weighted by Gasteiger charge is 2.24. The lowest BCUT2D eigenvalue weighted by atomic mass is 10.1. The molecule has 1 atom stereocenters. The molecule has 0 spiro atoms. The van der Waals surface area contributed by atoms with Crippen LogP contribution in [0.2, 0.25) is 0 Å². The fourth-order valence-electron chi connectivity index (χ4n) is 1.73. The molecule has 0 radical (unpaired) electrons. The summed E-state index contributed by atoms with van der Waals surface area (Å²) in [7, 11) is 1.50. The fourth-order valence-corrected chi connectivity index (χ4v) is 2.54. The third-order valence-electron chi connectivity index (χ3n) is 2.75. The van der Waals surface area contributed by atoms with Crippen molar-refractivity contribution in [2.45, 2.75) is 6.04 Å². The molecule has 0 aliphatic carbocycles. The fraction of sp³-hybridized carbons (Fsp3) is 0.143. The van der Waals surface area contributed by atoms with E-state index in [1.54, 1.807) is 12.1 Å². The largest absolute Gasteiger partial charge is 0.321 e. The Labute approximate surface area is 114 Å². The van der Waals surface area contributed by atoms with Gasteiger partial charge in [-0.15, -0.1) is 11.3 Å². The van der Waals surface area contributed by atoms with Crippen molar-refractivity contribution in [3.8, 4) is 6.07 Å². The zero-order valence-electron chi connectivity index (χ0n) is 10.2. The average molecular weight is 274 g/mol. The summed E-state index contributed by atoms with van der Waals surface area (Å²) in [5.74, 6) is -1.08. The standard InChI is InChI=1S/C14H11FN2OS/c1-17(12(9-16)13-7-4-8-19-13)14(18)10-5-2-3-6-11(10)15/h2-8,12H,1H3. The monoisotopic (exact) mass is 274 g/mol. The highest BCUT2D eigenvalue weighted by Crippen LogP contribution is 2.25. The average Bonchev–Trinajstić information content (AvgIpc) is 2.93. The van der Waals surface area contributed by atoms with Gasteiger partial charge in [-0.05, 0) is 23.6 Å². The maximum Gasteiger partial charge on any atom is 0.257 e. The van der Waals surface area contributed by atoms with Crippen LogP contribution in [0.4, 0.5) is 4.39 Å². The summed E-state index contributed by atoms with van der Waals surface area (Å²) >= 11 is 1.39. The van der Waals surface area contributed by atoms with Crippen LogP contribution in [-0.4, -0.2) is 17.9 Å². The van der Waals surface area contributed by atoms with Crippen molar-refractivity contribution < 1.29 is 9.18 Å². The second kappa shape index (κ2) is 5.63. The van der Waals surface area contributed by atoms with Crippen molar-refractivity contribution in [1.29, 1.82) is 5.26 Å². The van der Waals surface area contributed by atoms with Crippen LogP contribution in [-0.2, 0) is 0 Å². The number of halogens is 1. The normalized spacial score (nSPS) is 11.6. The molecule has 0 saturated carbocycles. The molecule has 0 bridgehead atoms. The van der Waals surface area contributed by atoms with Gasteiger partial charge in [0, 0.05) is 11.9 Å². The number of rotatable bonds is 3. The molecule has 2 rings (SSSR count). The Morgan fingerprint density at radius 1 is 1.37 bits per heavy atom. The summed E-state index contributed by atoms with van der Waals surface area (Å²) in [6.45, 7) is 0. The Hall–Kier alpha value is -2.19. The van der Waals surface area contributed by atoms with Gasteiger partial charge < -0.3 is 4.90 Å². The first-order chi connectivity index (χ1) is 9.15. The molecule has 0 aliphatic heterocycles.